The van der Waals surface area contributed by atoms with Crippen molar-refractivity contribution in [3.63, 3.8) is 0 Å². The lowest BCUT2D eigenvalue weighted by Crippen LogP contribution is -2.37. The van der Waals surface area contributed by atoms with Crippen molar-refractivity contribution in [1.82, 2.24) is 4.81 Å². The van der Waals surface area contributed by atoms with Crippen LogP contribution in [0.4, 0.5) is 0 Å². The van der Waals surface area contributed by atoms with Gasteiger partial charge in [0.15, 0.2) is 0 Å². The van der Waals surface area contributed by atoms with Crippen LogP contribution in [0, 0.1) is 0 Å². The van der Waals surface area contributed by atoms with E-state index in [9.17, 15) is 0 Å². The molecule has 0 saturated heterocycles. The quantitative estimate of drug-likeness (QED) is 0.469. The molecule has 0 aromatic carbocycles. The summed E-state index contributed by atoms with van der Waals surface area (Å²) in [5, 5.41) is 17.2. The Bertz CT molecular complexity index is 116. The van der Waals surface area contributed by atoms with Crippen molar-refractivity contribution in [2.24, 2.45) is 0 Å². The smallest absolute Gasteiger partial charge is 0.408 e. The Labute approximate surface area is 54.8 Å². The second kappa shape index (κ2) is 2.89. The molecule has 1 heterocycles. The molecule has 1 aliphatic rings. The van der Waals surface area contributed by atoms with Crippen molar-refractivity contribution in [2.75, 3.05) is 6.54 Å². The highest BCUT2D eigenvalue weighted by atomic mass is 16.4. The van der Waals surface area contributed by atoms with E-state index in [1.54, 1.807) is 6.20 Å². The molecule has 0 unspecified atom stereocenters. The van der Waals surface area contributed by atoms with Gasteiger partial charge in [0.2, 0.25) is 0 Å². The van der Waals surface area contributed by atoms with Crippen LogP contribution in [0.2, 0.25) is 0 Å². The van der Waals surface area contributed by atoms with E-state index in [0.29, 0.717) is 0 Å². The van der Waals surface area contributed by atoms with E-state index in [1.165, 1.54) is 4.81 Å². The fourth-order valence-electron chi connectivity index (χ4n) is 0.869. The first-order valence-electron chi connectivity index (χ1n) is 3.09. The molecule has 0 aliphatic carbocycles. The molecule has 0 amide bonds. The summed E-state index contributed by atoms with van der Waals surface area (Å²) in [5.41, 5.74) is 0. The van der Waals surface area contributed by atoms with Crippen LogP contribution in [0.25, 0.3) is 0 Å². The van der Waals surface area contributed by atoms with Crippen molar-refractivity contribution in [3.05, 3.63) is 12.3 Å². The summed E-state index contributed by atoms with van der Waals surface area (Å²) in [7, 11) is -1.32. The molecule has 0 fully saturated rings. The molecule has 0 bridgehead atoms. The third-order valence-corrected chi connectivity index (χ3v) is 1.38. The van der Waals surface area contributed by atoms with Gasteiger partial charge in [-0.15, -0.1) is 0 Å². The minimum absolute atomic E-state index is 0.744. The molecular formula is C5H10BNO2. The largest absolute Gasteiger partial charge is 0.587 e. The maximum absolute atomic E-state index is 8.61. The Morgan fingerprint density at radius 3 is 2.56 bits per heavy atom. The van der Waals surface area contributed by atoms with E-state index >= 15 is 0 Å². The van der Waals surface area contributed by atoms with Crippen LogP contribution in [0.15, 0.2) is 12.3 Å². The molecule has 9 heavy (non-hydrogen) atoms. The zero-order valence-corrected chi connectivity index (χ0v) is 5.20. The minimum atomic E-state index is -1.32. The van der Waals surface area contributed by atoms with Gasteiger partial charge in [-0.3, -0.25) is 0 Å². The molecule has 0 spiro atoms. The van der Waals surface area contributed by atoms with Gasteiger partial charge < -0.3 is 14.9 Å². The Morgan fingerprint density at radius 2 is 2.22 bits per heavy atom. The first-order valence-corrected chi connectivity index (χ1v) is 3.09. The average Bonchev–Trinajstić information content (AvgIpc) is 1.90. The predicted octanol–water partition coefficient (Wildman–Crippen LogP) is -0.435. The third kappa shape index (κ3) is 1.73. The summed E-state index contributed by atoms with van der Waals surface area (Å²) in [6, 6.07) is 0. The zero-order valence-electron chi connectivity index (χ0n) is 5.20. The number of nitrogens with zero attached hydrogens (tertiary/aromatic N) is 1. The highest BCUT2D eigenvalue weighted by molar-refractivity contribution is 6.37. The summed E-state index contributed by atoms with van der Waals surface area (Å²) in [4.78, 5) is 1.49. The zero-order chi connectivity index (χ0) is 6.69. The van der Waals surface area contributed by atoms with Crippen LogP contribution in [0.5, 0.6) is 0 Å². The van der Waals surface area contributed by atoms with Gasteiger partial charge in [-0.2, -0.15) is 0 Å². The second-order valence-electron chi connectivity index (χ2n) is 2.11. The normalized spacial score (nSPS) is 18.2. The monoisotopic (exact) mass is 127 g/mol. The Morgan fingerprint density at radius 1 is 1.44 bits per heavy atom. The van der Waals surface area contributed by atoms with Crippen molar-refractivity contribution in [3.8, 4) is 0 Å². The number of allylic oxidation sites excluding steroid dienone is 1. The average molecular weight is 127 g/mol. The van der Waals surface area contributed by atoms with Crippen LogP contribution >= 0.6 is 0 Å². The van der Waals surface area contributed by atoms with Crippen molar-refractivity contribution >= 4 is 7.25 Å². The molecule has 50 valence electrons. The summed E-state index contributed by atoms with van der Waals surface area (Å²) in [5.74, 6) is 0. The summed E-state index contributed by atoms with van der Waals surface area (Å²) in [6.07, 6.45) is 5.70. The van der Waals surface area contributed by atoms with Crippen LogP contribution in [0.3, 0.4) is 0 Å². The van der Waals surface area contributed by atoms with E-state index in [4.69, 9.17) is 10.0 Å². The van der Waals surface area contributed by atoms with E-state index in [2.05, 4.69) is 0 Å². The van der Waals surface area contributed by atoms with E-state index in [0.717, 1.165) is 19.4 Å². The van der Waals surface area contributed by atoms with Gasteiger partial charge in [0, 0.05) is 6.54 Å². The molecular weight excluding hydrogens is 117 g/mol. The van der Waals surface area contributed by atoms with Crippen LogP contribution < -0.4 is 0 Å². The highest BCUT2D eigenvalue weighted by Crippen LogP contribution is 2.04. The third-order valence-electron chi connectivity index (χ3n) is 1.38. The summed E-state index contributed by atoms with van der Waals surface area (Å²) < 4.78 is 0. The molecule has 0 aromatic heterocycles. The van der Waals surface area contributed by atoms with Crippen LogP contribution in [-0.2, 0) is 0 Å². The number of hydrogen-bond acceptors (Lipinski definition) is 3. The molecule has 0 saturated carbocycles. The topological polar surface area (TPSA) is 43.7 Å². The first kappa shape index (κ1) is 6.64. The van der Waals surface area contributed by atoms with Crippen molar-refractivity contribution < 1.29 is 10.0 Å². The van der Waals surface area contributed by atoms with E-state index < -0.39 is 7.25 Å². The molecule has 2 N–H and O–H groups in total. The Hall–Kier alpha value is -0.475. The fourth-order valence-corrected chi connectivity index (χ4v) is 0.869. The van der Waals surface area contributed by atoms with Crippen LogP contribution in [0.1, 0.15) is 12.8 Å². The van der Waals surface area contributed by atoms with Gasteiger partial charge in [0.05, 0.1) is 0 Å². The van der Waals surface area contributed by atoms with E-state index in [-0.39, 0.29) is 0 Å². The van der Waals surface area contributed by atoms with Crippen molar-refractivity contribution in [2.45, 2.75) is 12.8 Å². The summed E-state index contributed by atoms with van der Waals surface area (Å²) in [6.45, 7) is 0.744. The number of hydrogen-bond donors (Lipinski definition) is 2. The molecule has 0 radical (unpaired) electrons. The SMILES string of the molecule is OB(O)N1C=CCCC1. The minimum Gasteiger partial charge on any atom is -0.408 e. The molecule has 3 nitrogen and oxygen atoms in total. The van der Waals surface area contributed by atoms with Gasteiger partial charge >= 0.3 is 7.25 Å². The standard InChI is InChI=1S/C5H10BNO2/c8-6(9)7-4-2-1-3-5-7/h2,4,8-9H,1,3,5H2. The molecule has 4 heteroatoms. The highest BCUT2D eigenvalue weighted by Gasteiger charge is 2.16. The van der Waals surface area contributed by atoms with Gasteiger partial charge in [-0.05, 0) is 19.0 Å². The Kier molecular flexibility index (Phi) is 2.13. The lowest BCUT2D eigenvalue weighted by Gasteiger charge is -2.21. The van der Waals surface area contributed by atoms with Gasteiger partial charge in [0.25, 0.3) is 0 Å². The molecule has 0 atom stereocenters. The lowest BCUT2D eigenvalue weighted by atomic mass is 10.0. The van der Waals surface area contributed by atoms with Crippen molar-refractivity contribution in [1.29, 1.82) is 0 Å². The van der Waals surface area contributed by atoms with Crippen LogP contribution in [-0.4, -0.2) is 28.7 Å². The van der Waals surface area contributed by atoms with E-state index in [1.807, 2.05) is 6.08 Å². The molecule has 1 rings (SSSR count). The molecule has 0 aromatic rings. The van der Waals surface area contributed by atoms with Gasteiger partial charge in [0.1, 0.15) is 0 Å². The second-order valence-corrected chi connectivity index (χ2v) is 2.11. The van der Waals surface area contributed by atoms with Gasteiger partial charge in [-0.25, -0.2) is 0 Å². The summed E-state index contributed by atoms with van der Waals surface area (Å²) >= 11 is 0. The maximum Gasteiger partial charge on any atom is 0.587 e. The lowest BCUT2D eigenvalue weighted by molar-refractivity contribution is 0.308. The first-order chi connectivity index (χ1) is 4.30. The fraction of sp³-hybridized carbons (Fsp3) is 0.600. The van der Waals surface area contributed by atoms with Gasteiger partial charge in [-0.1, -0.05) is 6.08 Å². The molecule has 1 aliphatic heterocycles. The Balaban J connectivity index is 2.40. The predicted molar refractivity (Wildman–Crippen MR) is 35.3 cm³/mol. The number of rotatable bonds is 1. The maximum atomic E-state index is 8.61.